The molecule has 2 rings (SSSR count). The second kappa shape index (κ2) is 6.61. The first-order chi connectivity index (χ1) is 10.1. The van der Waals surface area contributed by atoms with Crippen LogP contribution in [0.3, 0.4) is 0 Å². The van der Waals surface area contributed by atoms with Crippen LogP contribution in [-0.4, -0.2) is 25.4 Å². The molecule has 0 saturated heterocycles. The Morgan fingerprint density at radius 1 is 1.62 bits per heavy atom. The predicted octanol–water partition coefficient (Wildman–Crippen LogP) is 2.27. The molecule has 0 fully saturated rings. The third-order valence-corrected chi connectivity index (χ3v) is 3.72. The van der Waals surface area contributed by atoms with Gasteiger partial charge in [0.2, 0.25) is 0 Å². The number of hydrogen-bond acceptors (Lipinski definition) is 2. The van der Waals surface area contributed by atoms with E-state index in [0.29, 0.717) is 11.0 Å². The monoisotopic (exact) mass is 276 g/mol. The van der Waals surface area contributed by atoms with Crippen molar-refractivity contribution in [1.82, 2.24) is 5.32 Å². The predicted molar refractivity (Wildman–Crippen MR) is 88.7 cm³/mol. The van der Waals surface area contributed by atoms with Crippen molar-refractivity contribution in [1.29, 1.82) is 0 Å². The molecule has 1 atom stereocenters. The average Bonchev–Trinajstić information content (AvgIpc) is 2.84. The summed E-state index contributed by atoms with van der Waals surface area (Å²) in [6.45, 7) is 6.75. The van der Waals surface area contributed by atoms with Gasteiger partial charge in [0.15, 0.2) is 0 Å². The van der Waals surface area contributed by atoms with Gasteiger partial charge in [0, 0.05) is 0 Å². The minimum absolute atomic E-state index is 0.0199. The molecule has 0 bridgehead atoms. The van der Waals surface area contributed by atoms with E-state index in [2.05, 4.69) is 29.2 Å². The van der Waals surface area contributed by atoms with Gasteiger partial charge in [-0.2, -0.15) is 0 Å². The molecule has 0 amide bonds. The van der Waals surface area contributed by atoms with Crippen molar-refractivity contribution >= 4 is 18.9 Å². The van der Waals surface area contributed by atoms with Crippen molar-refractivity contribution in [3.05, 3.63) is 40.1 Å². The van der Waals surface area contributed by atoms with Crippen molar-refractivity contribution in [2.24, 2.45) is 5.92 Å². The maximum absolute atomic E-state index is 11.6. The standard InChI is InChI=1S/C18H19BNO/c1-4-5-15(13(3)19)17(11-21)16-10-14-8-9-20-18(14)7-6-12(16)2/h5,10,12,20H,4,8-9H2,1-3H3/b15-5-. The zero-order chi connectivity index (χ0) is 15.4. The van der Waals surface area contributed by atoms with Crippen LogP contribution in [0.1, 0.15) is 33.6 Å². The fraction of sp³-hybridized carbons (Fsp3) is 0.389. The quantitative estimate of drug-likeness (QED) is 0.369. The topological polar surface area (TPSA) is 29.1 Å². The van der Waals surface area contributed by atoms with E-state index in [1.165, 1.54) is 5.57 Å². The van der Waals surface area contributed by atoms with Crippen LogP contribution in [0.5, 0.6) is 0 Å². The molecule has 1 N–H and O–H groups in total. The van der Waals surface area contributed by atoms with Gasteiger partial charge in [-0.05, 0) is 0 Å². The molecule has 1 aliphatic heterocycles. The molecule has 1 heterocycles. The second-order valence-corrected chi connectivity index (χ2v) is 5.35. The Morgan fingerprint density at radius 2 is 2.38 bits per heavy atom. The number of nitrogens with one attached hydrogen (secondary N) is 1. The van der Waals surface area contributed by atoms with Crippen molar-refractivity contribution in [3.8, 4) is 11.8 Å². The molecule has 0 spiro atoms. The van der Waals surface area contributed by atoms with E-state index in [4.69, 9.17) is 7.49 Å². The van der Waals surface area contributed by atoms with Crippen LogP contribution in [0, 0.1) is 17.8 Å². The number of rotatable bonds is 4. The summed E-state index contributed by atoms with van der Waals surface area (Å²) in [4.78, 5) is 11.6. The molecule has 1 unspecified atom stereocenters. The number of hydrogen-bond donors (Lipinski definition) is 1. The molecule has 3 heteroatoms. The Bertz CT molecular complexity index is 676. The number of carbonyl (C=O) groups excluding carboxylic acids is 1. The Labute approximate surface area is 127 Å². The van der Waals surface area contributed by atoms with Crippen LogP contribution in [0.15, 0.2) is 40.1 Å². The van der Waals surface area contributed by atoms with Gasteiger partial charge in [0.25, 0.3) is 0 Å². The summed E-state index contributed by atoms with van der Waals surface area (Å²) in [5, 5.41) is 3.28. The third-order valence-electron chi connectivity index (χ3n) is 3.72. The molecule has 1 aliphatic carbocycles. The molecule has 0 aromatic carbocycles. The van der Waals surface area contributed by atoms with Crippen LogP contribution < -0.4 is 5.32 Å². The normalized spacial score (nSPS) is 20.4. The van der Waals surface area contributed by atoms with Gasteiger partial charge in [0.05, 0.1) is 0 Å². The van der Waals surface area contributed by atoms with E-state index in [1.807, 2.05) is 26.8 Å². The molecule has 21 heavy (non-hydrogen) atoms. The minimum atomic E-state index is -0.0199. The van der Waals surface area contributed by atoms with Crippen LogP contribution in [0.25, 0.3) is 0 Å². The molecule has 2 aliphatic rings. The van der Waals surface area contributed by atoms with Crippen LogP contribution in [0.4, 0.5) is 0 Å². The third kappa shape index (κ3) is 3.18. The van der Waals surface area contributed by atoms with Gasteiger partial charge in [-0.1, -0.05) is 0 Å². The first-order valence-corrected chi connectivity index (χ1v) is 7.34. The van der Waals surface area contributed by atoms with Crippen LogP contribution in [-0.2, 0) is 4.79 Å². The fourth-order valence-corrected chi connectivity index (χ4v) is 2.62. The van der Waals surface area contributed by atoms with Gasteiger partial charge < -0.3 is 0 Å². The van der Waals surface area contributed by atoms with E-state index >= 15 is 0 Å². The molecule has 2 nitrogen and oxygen atoms in total. The molecular weight excluding hydrogens is 257 g/mol. The van der Waals surface area contributed by atoms with Gasteiger partial charge in [0.1, 0.15) is 0 Å². The van der Waals surface area contributed by atoms with Crippen molar-refractivity contribution < 1.29 is 4.79 Å². The van der Waals surface area contributed by atoms with Gasteiger partial charge in [-0.3, -0.25) is 0 Å². The van der Waals surface area contributed by atoms with E-state index in [1.54, 1.807) is 0 Å². The Balaban J connectivity index is 2.53. The Morgan fingerprint density at radius 3 is 3.00 bits per heavy atom. The van der Waals surface area contributed by atoms with E-state index in [9.17, 15) is 4.79 Å². The summed E-state index contributed by atoms with van der Waals surface area (Å²) in [5.41, 5.74) is 5.02. The fourth-order valence-electron chi connectivity index (χ4n) is 2.62. The van der Waals surface area contributed by atoms with Crippen LogP contribution >= 0.6 is 0 Å². The number of allylic oxidation sites excluding steroid dienone is 6. The molecular formula is C18H19BNO. The summed E-state index contributed by atoms with van der Waals surface area (Å²) in [6.07, 6.45) is 5.80. The first-order valence-electron chi connectivity index (χ1n) is 7.34. The zero-order valence-corrected chi connectivity index (χ0v) is 12.8. The van der Waals surface area contributed by atoms with E-state index in [-0.39, 0.29) is 5.92 Å². The molecule has 0 aromatic rings. The van der Waals surface area contributed by atoms with Gasteiger partial charge in [-0.25, -0.2) is 0 Å². The van der Waals surface area contributed by atoms with E-state index in [0.717, 1.165) is 36.2 Å². The van der Waals surface area contributed by atoms with Crippen molar-refractivity contribution in [2.45, 2.75) is 33.6 Å². The van der Waals surface area contributed by atoms with E-state index < -0.39 is 0 Å². The van der Waals surface area contributed by atoms with Crippen molar-refractivity contribution in [2.75, 3.05) is 6.54 Å². The summed E-state index contributed by atoms with van der Waals surface area (Å²) in [7, 11) is 5.96. The molecule has 105 valence electrons. The Hall–Kier alpha value is -2.04. The summed E-state index contributed by atoms with van der Waals surface area (Å²) in [6, 6.07) is 0. The zero-order valence-electron chi connectivity index (χ0n) is 12.8. The first kappa shape index (κ1) is 15.4. The van der Waals surface area contributed by atoms with Crippen molar-refractivity contribution in [3.63, 3.8) is 0 Å². The SMILES string of the molecule is [B]=C(C)/C(=C/CC)C(=C=O)C1=CC2=C(C#CC1C)NCC2. The average molecular weight is 276 g/mol. The van der Waals surface area contributed by atoms with Gasteiger partial charge in [-0.15, -0.1) is 0 Å². The molecule has 0 saturated carbocycles. The summed E-state index contributed by atoms with van der Waals surface area (Å²) in [5.74, 6) is 8.44. The maximum atomic E-state index is 11.6. The van der Waals surface area contributed by atoms with Crippen LogP contribution in [0.2, 0.25) is 0 Å². The summed E-state index contributed by atoms with van der Waals surface area (Å²) < 4.78 is 0. The second-order valence-electron chi connectivity index (χ2n) is 5.35. The molecule has 1 radical (unpaired) electrons. The van der Waals surface area contributed by atoms with Gasteiger partial charge >= 0.3 is 127 Å². The Kier molecular flexibility index (Phi) is 4.83. The molecule has 0 aromatic heterocycles. The summed E-state index contributed by atoms with van der Waals surface area (Å²) >= 11 is 0.